The van der Waals surface area contributed by atoms with Crippen LogP contribution in [0.2, 0.25) is 0 Å². The van der Waals surface area contributed by atoms with Crippen LogP contribution in [0.15, 0.2) is 315 Å². The molecule has 0 saturated carbocycles. The van der Waals surface area contributed by atoms with E-state index in [2.05, 4.69) is 191 Å². The van der Waals surface area contributed by atoms with E-state index in [-0.39, 0.29) is 11.8 Å². The molecule has 2 amide bonds. The SMILES string of the molecule is O=C(c1cccc(-c2cc(-c3cccc(C(=O)N(c4ccccc4)c4cccc(-n5c6ccccc6c6ccccc65)c4)c3)n(-c3cc4ccccc4c4ccccc34)n2)c1)N(c1ccccc1)c1cccc(-n2c3ccccc3c3ccccc32)c1. The van der Waals surface area contributed by atoms with Crippen LogP contribution in [0, 0.1) is 0 Å². The van der Waals surface area contributed by atoms with E-state index in [1.54, 1.807) is 9.80 Å². The Morgan fingerprint density at radius 3 is 1.20 bits per heavy atom. The van der Waals surface area contributed by atoms with Gasteiger partial charge >= 0.3 is 0 Å². The first-order chi connectivity index (χ1) is 43.0. The number of carbonyl (C=O) groups is 2. The van der Waals surface area contributed by atoms with E-state index in [0.29, 0.717) is 16.8 Å². The average molecular weight is 1120 g/mol. The van der Waals surface area contributed by atoms with Gasteiger partial charge in [-0.2, -0.15) is 5.10 Å². The molecule has 0 aliphatic rings. The van der Waals surface area contributed by atoms with E-state index in [0.717, 1.165) is 122 Å². The van der Waals surface area contributed by atoms with E-state index < -0.39 is 0 Å². The van der Waals surface area contributed by atoms with Gasteiger partial charge in [0.15, 0.2) is 0 Å². The van der Waals surface area contributed by atoms with Crippen LogP contribution >= 0.6 is 0 Å². The minimum atomic E-state index is -0.197. The minimum absolute atomic E-state index is 0.195. The summed E-state index contributed by atoms with van der Waals surface area (Å²) < 4.78 is 6.55. The van der Waals surface area contributed by atoms with Crippen molar-refractivity contribution in [1.82, 2.24) is 18.9 Å². The number of nitrogens with zero attached hydrogens (tertiary/aromatic N) is 6. The molecule has 0 saturated heterocycles. The van der Waals surface area contributed by atoms with Crippen molar-refractivity contribution < 1.29 is 9.59 Å². The second kappa shape index (κ2) is 21.1. The molecular weight excluding hydrogens is 1060 g/mol. The van der Waals surface area contributed by atoms with Crippen LogP contribution in [0.5, 0.6) is 0 Å². The number of fused-ring (bicyclic) bond motifs is 9. The smallest absolute Gasteiger partial charge is 0.262 e. The summed E-state index contributed by atoms with van der Waals surface area (Å²) >= 11 is 0. The lowest BCUT2D eigenvalue weighted by atomic mass is 10.00. The van der Waals surface area contributed by atoms with E-state index >= 15 is 9.59 Å². The molecule has 8 heteroatoms. The van der Waals surface area contributed by atoms with Gasteiger partial charge in [-0.25, -0.2) is 4.68 Å². The lowest BCUT2D eigenvalue weighted by Gasteiger charge is -2.24. The summed E-state index contributed by atoms with van der Waals surface area (Å²) in [6.45, 7) is 0. The topological polar surface area (TPSA) is 68.3 Å². The summed E-state index contributed by atoms with van der Waals surface area (Å²) in [7, 11) is 0. The Morgan fingerprint density at radius 2 is 0.690 bits per heavy atom. The third-order valence-electron chi connectivity index (χ3n) is 16.8. The third-order valence-corrected chi connectivity index (χ3v) is 16.8. The van der Waals surface area contributed by atoms with Crippen molar-refractivity contribution in [2.75, 3.05) is 9.80 Å². The number of para-hydroxylation sites is 6. The highest BCUT2D eigenvalue weighted by molar-refractivity contribution is 6.15. The van der Waals surface area contributed by atoms with Gasteiger partial charge in [-0.1, -0.05) is 194 Å². The molecular formula is C79H52N6O2. The van der Waals surface area contributed by atoms with Gasteiger partial charge in [0.25, 0.3) is 11.8 Å². The number of amides is 2. The zero-order chi connectivity index (χ0) is 58.0. The predicted octanol–water partition coefficient (Wildman–Crippen LogP) is 19.7. The molecule has 0 atom stereocenters. The van der Waals surface area contributed by atoms with Gasteiger partial charge in [0.2, 0.25) is 0 Å². The zero-order valence-electron chi connectivity index (χ0n) is 47.0. The van der Waals surface area contributed by atoms with Gasteiger partial charge in [-0.15, -0.1) is 0 Å². The monoisotopic (exact) mass is 1120 g/mol. The number of aromatic nitrogens is 4. The molecule has 3 aromatic heterocycles. The third kappa shape index (κ3) is 8.73. The van der Waals surface area contributed by atoms with Crippen molar-refractivity contribution in [2.24, 2.45) is 0 Å². The zero-order valence-corrected chi connectivity index (χ0v) is 47.0. The Morgan fingerprint density at radius 1 is 0.299 bits per heavy atom. The molecule has 0 spiro atoms. The fraction of sp³-hybridized carbons (Fsp3) is 0. The maximum Gasteiger partial charge on any atom is 0.262 e. The molecule has 8 nitrogen and oxygen atoms in total. The summed E-state index contributed by atoms with van der Waals surface area (Å²) in [4.78, 5) is 34.8. The van der Waals surface area contributed by atoms with E-state index in [1.165, 1.54) is 0 Å². The Labute approximate surface area is 501 Å². The van der Waals surface area contributed by atoms with Gasteiger partial charge < -0.3 is 9.13 Å². The molecule has 3 heterocycles. The molecule has 0 radical (unpaired) electrons. The predicted molar refractivity (Wildman–Crippen MR) is 357 cm³/mol. The van der Waals surface area contributed by atoms with Crippen molar-refractivity contribution >= 4 is 99.7 Å². The fourth-order valence-corrected chi connectivity index (χ4v) is 12.9. The lowest BCUT2D eigenvalue weighted by molar-refractivity contribution is 0.0991. The molecule has 0 fully saturated rings. The molecule has 0 bridgehead atoms. The van der Waals surface area contributed by atoms with Crippen LogP contribution in [-0.2, 0) is 0 Å². The summed E-state index contributed by atoms with van der Waals surface area (Å²) in [5.74, 6) is -0.392. The molecule has 410 valence electrons. The summed E-state index contributed by atoms with van der Waals surface area (Å²) in [6, 6.07) is 107. The first kappa shape index (κ1) is 50.8. The van der Waals surface area contributed by atoms with E-state index in [1.807, 2.05) is 138 Å². The normalized spacial score (nSPS) is 11.5. The molecule has 16 aromatic rings. The molecule has 13 aromatic carbocycles. The van der Waals surface area contributed by atoms with Gasteiger partial charge in [0.05, 0.1) is 50.5 Å². The molecule has 0 unspecified atom stereocenters. The second-order valence-electron chi connectivity index (χ2n) is 21.9. The quantitative estimate of drug-likeness (QED) is 0.121. The van der Waals surface area contributed by atoms with E-state index in [4.69, 9.17) is 5.10 Å². The Kier molecular flexibility index (Phi) is 12.3. The maximum atomic E-state index is 15.7. The van der Waals surface area contributed by atoms with Crippen LogP contribution in [-0.4, -0.2) is 30.7 Å². The Hall–Kier alpha value is -11.9. The highest BCUT2D eigenvalue weighted by atomic mass is 16.2. The molecule has 0 aliphatic carbocycles. The average Bonchev–Trinajstić information content (AvgIpc) is 3.26. The second-order valence-corrected chi connectivity index (χ2v) is 21.9. The summed E-state index contributed by atoms with van der Waals surface area (Å²) in [6.07, 6.45) is 0. The van der Waals surface area contributed by atoms with Crippen molar-refractivity contribution in [3.05, 3.63) is 327 Å². The number of hydrogen-bond acceptors (Lipinski definition) is 3. The Bertz CT molecular complexity index is 5260. The van der Waals surface area contributed by atoms with Crippen LogP contribution in [0.3, 0.4) is 0 Å². The first-order valence-corrected chi connectivity index (χ1v) is 29.2. The highest BCUT2D eigenvalue weighted by Gasteiger charge is 2.26. The number of hydrogen-bond donors (Lipinski definition) is 0. The highest BCUT2D eigenvalue weighted by Crippen LogP contribution is 2.40. The van der Waals surface area contributed by atoms with Gasteiger partial charge in [-0.05, 0) is 137 Å². The van der Waals surface area contributed by atoms with Crippen molar-refractivity contribution in [2.45, 2.75) is 0 Å². The summed E-state index contributed by atoms with van der Waals surface area (Å²) in [5.41, 5.74) is 14.0. The van der Waals surface area contributed by atoms with Gasteiger partial charge in [0, 0.05) is 71.9 Å². The van der Waals surface area contributed by atoms with Gasteiger partial charge in [0.1, 0.15) is 0 Å². The molecule has 0 aliphatic heterocycles. The molecule has 16 rings (SSSR count). The fourth-order valence-electron chi connectivity index (χ4n) is 12.9. The van der Waals surface area contributed by atoms with Crippen LogP contribution in [0.4, 0.5) is 22.7 Å². The van der Waals surface area contributed by atoms with Crippen LogP contribution in [0.1, 0.15) is 20.7 Å². The maximum absolute atomic E-state index is 15.7. The molecule has 87 heavy (non-hydrogen) atoms. The molecule has 0 N–H and O–H groups in total. The largest absolute Gasteiger partial charge is 0.309 e. The van der Waals surface area contributed by atoms with Crippen molar-refractivity contribution in [3.8, 4) is 39.6 Å². The minimum Gasteiger partial charge on any atom is -0.309 e. The standard InChI is InChI=1S/C79H52N6O2/c86-78(81(58-28-3-1-4-29-58)60-32-21-34-62(50-60)83-72-43-15-11-39-67(72)68-40-12-16-44-73(68)83)56-26-19-24-54(47-56)71-52-76(85(80-71)77-49-53-23-7-8-36-64(53)65-37-9-10-38-66(65)77)55-25-20-27-57(48-55)79(87)82(59-30-5-2-6-31-59)61-33-22-35-63(51-61)84-74-45-17-13-41-69(74)70-42-14-18-46-75(70)84/h1-52H. The number of anilines is 4. The summed E-state index contributed by atoms with van der Waals surface area (Å²) in [5, 5.41) is 14.5. The number of benzene rings is 13. The van der Waals surface area contributed by atoms with E-state index in [9.17, 15) is 0 Å². The first-order valence-electron chi connectivity index (χ1n) is 29.2. The Balaban J connectivity index is 0.817. The lowest BCUT2D eigenvalue weighted by Crippen LogP contribution is -2.26. The van der Waals surface area contributed by atoms with Crippen LogP contribution in [0.25, 0.3) is 105 Å². The number of carbonyl (C=O) groups excluding carboxylic acids is 2. The van der Waals surface area contributed by atoms with Crippen LogP contribution < -0.4 is 9.80 Å². The van der Waals surface area contributed by atoms with Gasteiger partial charge in [-0.3, -0.25) is 19.4 Å². The van der Waals surface area contributed by atoms with Crippen molar-refractivity contribution in [1.29, 1.82) is 0 Å². The van der Waals surface area contributed by atoms with Crippen molar-refractivity contribution in [3.63, 3.8) is 0 Å². The number of rotatable bonds is 11.